The Labute approximate surface area is 76.7 Å². The topological polar surface area (TPSA) is 49.7 Å². The Morgan fingerprint density at radius 3 is 2.46 bits per heavy atom. The van der Waals surface area contributed by atoms with Gasteiger partial charge in [-0.1, -0.05) is 29.4 Å². The van der Waals surface area contributed by atoms with Gasteiger partial charge in [-0.15, -0.1) is 0 Å². The Balaban J connectivity index is 3.21. The summed E-state index contributed by atoms with van der Waals surface area (Å²) >= 11 is 0. The molecule has 1 N–H and O–H groups in total. The molecule has 0 aliphatic carbocycles. The zero-order chi connectivity index (χ0) is 9.84. The lowest BCUT2D eigenvalue weighted by molar-refractivity contribution is -0.111. The van der Waals surface area contributed by atoms with E-state index in [1.165, 1.54) is 6.92 Å². The number of oxime groups is 1. The summed E-state index contributed by atoms with van der Waals surface area (Å²) in [4.78, 5) is 11.0. The summed E-state index contributed by atoms with van der Waals surface area (Å²) in [5.74, 6) is -0.239. The standard InChI is InChI=1S/C10H11NO2/c1-7-5-3-4-6-9(7)10(11-13)8(2)12/h3-6,13H,1-2H3. The van der Waals surface area contributed by atoms with Crippen LogP contribution in [0, 0.1) is 6.92 Å². The van der Waals surface area contributed by atoms with Gasteiger partial charge in [-0.2, -0.15) is 0 Å². The van der Waals surface area contributed by atoms with Crippen LogP contribution in [0.4, 0.5) is 0 Å². The van der Waals surface area contributed by atoms with Crippen LogP contribution < -0.4 is 0 Å². The second kappa shape index (κ2) is 3.85. The summed E-state index contributed by atoms with van der Waals surface area (Å²) < 4.78 is 0. The van der Waals surface area contributed by atoms with Crippen LogP contribution in [0.15, 0.2) is 29.4 Å². The maximum atomic E-state index is 11.0. The fourth-order valence-electron chi connectivity index (χ4n) is 1.15. The first kappa shape index (κ1) is 9.45. The highest BCUT2D eigenvalue weighted by Crippen LogP contribution is 2.08. The van der Waals surface area contributed by atoms with Crippen LogP contribution in [0.25, 0.3) is 0 Å². The Morgan fingerprint density at radius 2 is 2.00 bits per heavy atom. The van der Waals surface area contributed by atoms with Crippen LogP contribution in [0.2, 0.25) is 0 Å². The van der Waals surface area contributed by atoms with Crippen LogP contribution in [-0.2, 0) is 4.79 Å². The molecular formula is C10H11NO2. The van der Waals surface area contributed by atoms with Crippen molar-refractivity contribution in [2.75, 3.05) is 0 Å². The number of Topliss-reactive ketones (excluding diaryl/α,β-unsaturated/α-hetero) is 1. The van der Waals surface area contributed by atoms with Crippen molar-refractivity contribution in [3.05, 3.63) is 35.4 Å². The molecule has 13 heavy (non-hydrogen) atoms. The van der Waals surface area contributed by atoms with Gasteiger partial charge < -0.3 is 5.21 Å². The van der Waals surface area contributed by atoms with E-state index in [9.17, 15) is 4.79 Å². The number of aryl methyl sites for hydroxylation is 1. The van der Waals surface area contributed by atoms with Crippen LogP contribution >= 0.6 is 0 Å². The van der Waals surface area contributed by atoms with Crippen LogP contribution in [0.3, 0.4) is 0 Å². The van der Waals surface area contributed by atoms with Crippen molar-refractivity contribution in [3.63, 3.8) is 0 Å². The Kier molecular flexibility index (Phi) is 2.80. The molecule has 0 saturated heterocycles. The van der Waals surface area contributed by atoms with E-state index in [0.29, 0.717) is 5.56 Å². The molecule has 1 rings (SSSR count). The molecule has 1 aromatic rings. The van der Waals surface area contributed by atoms with E-state index < -0.39 is 0 Å². The van der Waals surface area contributed by atoms with Crippen LogP contribution in [0.5, 0.6) is 0 Å². The highest BCUT2D eigenvalue weighted by Gasteiger charge is 2.11. The van der Waals surface area contributed by atoms with Crippen LogP contribution in [0.1, 0.15) is 18.1 Å². The van der Waals surface area contributed by atoms with E-state index in [2.05, 4.69) is 5.16 Å². The van der Waals surface area contributed by atoms with Gasteiger partial charge in [-0.05, 0) is 12.5 Å². The zero-order valence-electron chi connectivity index (χ0n) is 7.61. The van der Waals surface area contributed by atoms with Crippen molar-refractivity contribution in [2.45, 2.75) is 13.8 Å². The number of nitrogens with zero attached hydrogens (tertiary/aromatic N) is 1. The monoisotopic (exact) mass is 177 g/mol. The number of hydrogen-bond acceptors (Lipinski definition) is 3. The third kappa shape index (κ3) is 1.93. The number of carbonyl (C=O) groups is 1. The summed E-state index contributed by atoms with van der Waals surface area (Å²) in [7, 11) is 0. The molecule has 0 spiro atoms. The second-order valence-corrected chi connectivity index (χ2v) is 2.82. The van der Waals surface area contributed by atoms with E-state index in [4.69, 9.17) is 5.21 Å². The lowest BCUT2D eigenvalue weighted by atomic mass is 10.0. The molecule has 0 radical (unpaired) electrons. The van der Waals surface area contributed by atoms with E-state index in [0.717, 1.165) is 5.56 Å². The summed E-state index contributed by atoms with van der Waals surface area (Å²) in [5, 5.41) is 11.6. The van der Waals surface area contributed by atoms with Gasteiger partial charge in [0.25, 0.3) is 0 Å². The number of carbonyl (C=O) groups excluding carboxylic acids is 1. The minimum Gasteiger partial charge on any atom is -0.410 e. The summed E-state index contributed by atoms with van der Waals surface area (Å²) in [6.45, 7) is 3.24. The summed E-state index contributed by atoms with van der Waals surface area (Å²) in [6.07, 6.45) is 0. The molecule has 0 aromatic heterocycles. The smallest absolute Gasteiger partial charge is 0.182 e. The maximum absolute atomic E-state index is 11.0. The lowest BCUT2D eigenvalue weighted by Gasteiger charge is -2.03. The number of hydrogen-bond donors (Lipinski definition) is 1. The highest BCUT2D eigenvalue weighted by atomic mass is 16.4. The average Bonchev–Trinajstić information content (AvgIpc) is 2.09. The SMILES string of the molecule is CC(=O)C(=NO)c1ccccc1C. The molecule has 1 aromatic carbocycles. The van der Waals surface area contributed by atoms with Gasteiger partial charge in [0.2, 0.25) is 0 Å². The predicted octanol–water partition coefficient (Wildman–Crippen LogP) is 1.76. The molecule has 0 bridgehead atoms. The minimum absolute atomic E-state index is 0.109. The van der Waals surface area contributed by atoms with Crippen molar-refractivity contribution in [2.24, 2.45) is 5.16 Å². The highest BCUT2D eigenvalue weighted by molar-refractivity contribution is 6.45. The van der Waals surface area contributed by atoms with E-state index in [-0.39, 0.29) is 11.5 Å². The Hall–Kier alpha value is -1.64. The molecule has 3 nitrogen and oxygen atoms in total. The van der Waals surface area contributed by atoms with E-state index in [1.807, 2.05) is 19.1 Å². The first-order chi connectivity index (χ1) is 6.16. The molecule has 0 fully saturated rings. The molecule has 0 aliphatic rings. The van der Waals surface area contributed by atoms with Gasteiger partial charge in [0.05, 0.1) is 0 Å². The summed E-state index contributed by atoms with van der Waals surface area (Å²) in [6, 6.07) is 7.29. The number of ketones is 1. The van der Waals surface area contributed by atoms with Crippen LogP contribution in [-0.4, -0.2) is 16.7 Å². The van der Waals surface area contributed by atoms with E-state index in [1.54, 1.807) is 12.1 Å². The molecule has 0 heterocycles. The largest absolute Gasteiger partial charge is 0.410 e. The van der Waals surface area contributed by atoms with Gasteiger partial charge in [-0.25, -0.2) is 0 Å². The zero-order valence-corrected chi connectivity index (χ0v) is 7.61. The van der Waals surface area contributed by atoms with Crippen molar-refractivity contribution in [3.8, 4) is 0 Å². The van der Waals surface area contributed by atoms with Crippen molar-refractivity contribution >= 4 is 11.5 Å². The molecule has 68 valence electrons. The molecular weight excluding hydrogens is 166 g/mol. The normalized spacial score (nSPS) is 11.4. The fourth-order valence-corrected chi connectivity index (χ4v) is 1.15. The van der Waals surface area contributed by atoms with Gasteiger partial charge >= 0.3 is 0 Å². The number of benzene rings is 1. The second-order valence-electron chi connectivity index (χ2n) is 2.82. The first-order valence-electron chi connectivity index (χ1n) is 3.96. The molecule has 0 unspecified atom stereocenters. The molecule has 0 aliphatic heterocycles. The predicted molar refractivity (Wildman–Crippen MR) is 50.2 cm³/mol. The van der Waals surface area contributed by atoms with Gasteiger partial charge in [0, 0.05) is 12.5 Å². The third-order valence-corrected chi connectivity index (χ3v) is 1.83. The summed E-state index contributed by atoms with van der Waals surface area (Å²) in [5.41, 5.74) is 1.71. The van der Waals surface area contributed by atoms with Gasteiger partial charge in [-0.3, -0.25) is 4.79 Å². The lowest BCUT2D eigenvalue weighted by Crippen LogP contribution is -2.12. The minimum atomic E-state index is -0.239. The Bertz CT molecular complexity index is 356. The molecule has 3 heteroatoms. The van der Waals surface area contributed by atoms with Crippen molar-refractivity contribution < 1.29 is 10.0 Å². The molecule has 0 saturated carbocycles. The molecule has 0 atom stereocenters. The third-order valence-electron chi connectivity index (χ3n) is 1.83. The van der Waals surface area contributed by atoms with Crippen molar-refractivity contribution in [1.82, 2.24) is 0 Å². The van der Waals surface area contributed by atoms with Gasteiger partial charge in [0.15, 0.2) is 11.5 Å². The Morgan fingerprint density at radius 1 is 1.38 bits per heavy atom. The average molecular weight is 177 g/mol. The maximum Gasteiger partial charge on any atom is 0.182 e. The van der Waals surface area contributed by atoms with E-state index >= 15 is 0 Å². The number of rotatable bonds is 2. The fraction of sp³-hybridized carbons (Fsp3) is 0.200. The molecule has 0 amide bonds. The first-order valence-corrected chi connectivity index (χ1v) is 3.96. The van der Waals surface area contributed by atoms with Crippen molar-refractivity contribution in [1.29, 1.82) is 0 Å². The van der Waals surface area contributed by atoms with Gasteiger partial charge in [0.1, 0.15) is 0 Å². The quantitative estimate of drug-likeness (QED) is 0.425.